The zero-order valence-electron chi connectivity index (χ0n) is 13.1. The Bertz CT molecular complexity index is 419. The highest BCUT2D eigenvalue weighted by molar-refractivity contribution is 5.33. The van der Waals surface area contributed by atoms with E-state index in [9.17, 15) is 0 Å². The van der Waals surface area contributed by atoms with Gasteiger partial charge in [-0.2, -0.15) is 0 Å². The molecule has 0 saturated heterocycles. The van der Waals surface area contributed by atoms with E-state index in [1.807, 2.05) is 13.1 Å². The van der Waals surface area contributed by atoms with Crippen molar-refractivity contribution in [2.24, 2.45) is 5.92 Å². The highest BCUT2D eigenvalue weighted by atomic mass is 16.5. The number of ether oxygens (including phenoxy) is 1. The summed E-state index contributed by atoms with van der Waals surface area (Å²) in [5.41, 5.74) is 2.21. The lowest BCUT2D eigenvalue weighted by atomic mass is 9.84. The minimum atomic E-state index is 0.385. The summed E-state index contributed by atoms with van der Waals surface area (Å²) in [5, 5.41) is 3.37. The average Bonchev–Trinajstić information content (AvgIpc) is 2.47. The second-order valence-electron chi connectivity index (χ2n) is 5.82. The number of hydrogen-bond acceptors (Lipinski definition) is 3. The first-order chi connectivity index (χ1) is 9.74. The van der Waals surface area contributed by atoms with Crippen molar-refractivity contribution < 1.29 is 4.74 Å². The van der Waals surface area contributed by atoms with Crippen molar-refractivity contribution in [3.05, 3.63) is 23.5 Å². The molecule has 3 nitrogen and oxygen atoms in total. The Labute approximate surface area is 123 Å². The summed E-state index contributed by atoms with van der Waals surface area (Å²) in [7, 11) is 0. The molecule has 2 atom stereocenters. The molecule has 0 spiro atoms. The van der Waals surface area contributed by atoms with E-state index in [2.05, 4.69) is 30.2 Å². The van der Waals surface area contributed by atoms with E-state index in [4.69, 9.17) is 4.74 Å². The minimum Gasteiger partial charge on any atom is -0.490 e. The molecule has 1 fully saturated rings. The number of pyridine rings is 1. The van der Waals surface area contributed by atoms with E-state index in [-0.39, 0.29) is 0 Å². The largest absolute Gasteiger partial charge is 0.490 e. The number of aryl methyl sites for hydroxylation is 1. The van der Waals surface area contributed by atoms with Crippen LogP contribution in [0.25, 0.3) is 0 Å². The summed E-state index contributed by atoms with van der Waals surface area (Å²) in [6.07, 6.45) is 8.73. The van der Waals surface area contributed by atoms with Gasteiger partial charge in [0.2, 0.25) is 0 Å². The molecule has 1 aromatic rings. The Balaban J connectivity index is 2.11. The van der Waals surface area contributed by atoms with E-state index < -0.39 is 0 Å². The standard InChI is InChI=1S/C17H28N2O/c1-4-14-8-6-7-9-16(14)20-17-10-13(3)19-12-15(17)11-18-5-2/h10,12,14,16,18H,4-9,11H2,1-3H3. The highest BCUT2D eigenvalue weighted by Gasteiger charge is 2.26. The number of nitrogens with zero attached hydrogens (tertiary/aromatic N) is 1. The molecule has 0 amide bonds. The molecule has 2 rings (SSSR count). The van der Waals surface area contributed by atoms with Crippen LogP contribution in [-0.4, -0.2) is 17.6 Å². The molecule has 0 aliphatic heterocycles. The predicted octanol–water partition coefficient (Wildman–Crippen LogP) is 3.85. The maximum atomic E-state index is 6.39. The van der Waals surface area contributed by atoms with Crippen LogP contribution in [-0.2, 0) is 6.54 Å². The molecule has 3 heteroatoms. The van der Waals surface area contributed by atoms with Crippen LogP contribution in [0.15, 0.2) is 12.3 Å². The number of hydrogen-bond donors (Lipinski definition) is 1. The summed E-state index contributed by atoms with van der Waals surface area (Å²) >= 11 is 0. The molecule has 112 valence electrons. The molecule has 0 bridgehead atoms. The zero-order valence-corrected chi connectivity index (χ0v) is 13.1. The normalized spacial score (nSPS) is 22.8. The third kappa shape index (κ3) is 3.95. The van der Waals surface area contributed by atoms with Gasteiger partial charge in [0.1, 0.15) is 11.9 Å². The zero-order chi connectivity index (χ0) is 14.4. The van der Waals surface area contributed by atoms with Crippen LogP contribution in [0.1, 0.15) is 57.2 Å². The van der Waals surface area contributed by atoms with Crippen molar-refractivity contribution in [2.75, 3.05) is 6.54 Å². The van der Waals surface area contributed by atoms with Gasteiger partial charge in [-0.05, 0) is 45.1 Å². The molecule has 2 unspecified atom stereocenters. The molecule has 0 radical (unpaired) electrons. The summed E-state index contributed by atoms with van der Waals surface area (Å²) in [6.45, 7) is 8.24. The van der Waals surface area contributed by atoms with E-state index in [1.165, 1.54) is 37.7 Å². The van der Waals surface area contributed by atoms with Crippen LogP contribution in [0.2, 0.25) is 0 Å². The van der Waals surface area contributed by atoms with Gasteiger partial charge in [-0.15, -0.1) is 0 Å². The van der Waals surface area contributed by atoms with E-state index in [1.54, 1.807) is 0 Å². The molecule has 1 aliphatic rings. The maximum absolute atomic E-state index is 6.39. The molecule has 1 saturated carbocycles. The van der Waals surface area contributed by atoms with Crippen LogP contribution in [0.5, 0.6) is 5.75 Å². The van der Waals surface area contributed by atoms with Gasteiger partial charge < -0.3 is 10.1 Å². The van der Waals surface area contributed by atoms with E-state index >= 15 is 0 Å². The SMILES string of the molecule is CCNCc1cnc(C)cc1OC1CCCCC1CC. The van der Waals surface area contributed by atoms with Crippen LogP contribution in [0.3, 0.4) is 0 Å². The van der Waals surface area contributed by atoms with E-state index in [0.29, 0.717) is 12.0 Å². The fourth-order valence-electron chi connectivity index (χ4n) is 3.02. The van der Waals surface area contributed by atoms with Crippen molar-refractivity contribution >= 4 is 0 Å². The van der Waals surface area contributed by atoms with Crippen molar-refractivity contribution in [3.63, 3.8) is 0 Å². The number of rotatable bonds is 6. The van der Waals surface area contributed by atoms with Crippen molar-refractivity contribution in [3.8, 4) is 5.75 Å². The molecule has 20 heavy (non-hydrogen) atoms. The van der Waals surface area contributed by atoms with Crippen LogP contribution in [0.4, 0.5) is 0 Å². The molecule has 1 heterocycles. The lowest BCUT2D eigenvalue weighted by Crippen LogP contribution is -2.30. The van der Waals surface area contributed by atoms with Gasteiger partial charge in [-0.3, -0.25) is 4.98 Å². The van der Waals surface area contributed by atoms with Gasteiger partial charge in [0.05, 0.1) is 0 Å². The molecule has 0 aromatic carbocycles. The summed E-state index contributed by atoms with van der Waals surface area (Å²) in [4.78, 5) is 4.40. The Morgan fingerprint density at radius 3 is 2.85 bits per heavy atom. The fraction of sp³-hybridized carbons (Fsp3) is 0.706. The third-order valence-electron chi connectivity index (χ3n) is 4.29. The van der Waals surface area contributed by atoms with Gasteiger partial charge in [-0.1, -0.05) is 20.3 Å². The summed E-state index contributed by atoms with van der Waals surface area (Å²) in [5.74, 6) is 1.74. The Hall–Kier alpha value is -1.09. The monoisotopic (exact) mass is 276 g/mol. The Kier molecular flexibility index (Phi) is 5.84. The van der Waals surface area contributed by atoms with Gasteiger partial charge in [0, 0.05) is 30.1 Å². The van der Waals surface area contributed by atoms with Gasteiger partial charge in [-0.25, -0.2) is 0 Å². The Morgan fingerprint density at radius 2 is 2.10 bits per heavy atom. The first kappa shape index (κ1) is 15.3. The fourth-order valence-corrected chi connectivity index (χ4v) is 3.02. The summed E-state index contributed by atoms with van der Waals surface area (Å²) < 4.78 is 6.39. The first-order valence-electron chi connectivity index (χ1n) is 8.07. The highest BCUT2D eigenvalue weighted by Crippen LogP contribution is 2.31. The Morgan fingerprint density at radius 1 is 1.30 bits per heavy atom. The third-order valence-corrected chi connectivity index (χ3v) is 4.29. The molecule has 1 aliphatic carbocycles. The van der Waals surface area contributed by atoms with Crippen molar-refractivity contribution in [1.29, 1.82) is 0 Å². The maximum Gasteiger partial charge on any atom is 0.127 e. The smallest absolute Gasteiger partial charge is 0.127 e. The topological polar surface area (TPSA) is 34.2 Å². The first-order valence-corrected chi connectivity index (χ1v) is 8.07. The van der Waals surface area contributed by atoms with Crippen molar-refractivity contribution in [2.45, 2.75) is 65.5 Å². The molecular formula is C17H28N2O. The van der Waals surface area contributed by atoms with Gasteiger partial charge >= 0.3 is 0 Å². The molecule has 1 N–H and O–H groups in total. The van der Waals surface area contributed by atoms with Crippen LogP contribution >= 0.6 is 0 Å². The van der Waals surface area contributed by atoms with Gasteiger partial charge in [0.15, 0.2) is 0 Å². The van der Waals surface area contributed by atoms with Crippen LogP contribution in [0, 0.1) is 12.8 Å². The summed E-state index contributed by atoms with van der Waals surface area (Å²) in [6, 6.07) is 2.09. The second kappa shape index (κ2) is 7.63. The van der Waals surface area contributed by atoms with Crippen LogP contribution < -0.4 is 10.1 Å². The lowest BCUT2D eigenvalue weighted by Gasteiger charge is -2.32. The number of nitrogens with one attached hydrogen (secondary N) is 1. The van der Waals surface area contributed by atoms with Crippen molar-refractivity contribution in [1.82, 2.24) is 10.3 Å². The van der Waals surface area contributed by atoms with E-state index in [0.717, 1.165) is 24.5 Å². The second-order valence-corrected chi connectivity index (χ2v) is 5.82. The minimum absolute atomic E-state index is 0.385. The lowest BCUT2D eigenvalue weighted by molar-refractivity contribution is 0.0891. The molecular weight excluding hydrogens is 248 g/mol. The average molecular weight is 276 g/mol. The number of aromatic nitrogens is 1. The van der Waals surface area contributed by atoms with Gasteiger partial charge in [0.25, 0.3) is 0 Å². The predicted molar refractivity (Wildman–Crippen MR) is 83.0 cm³/mol. The molecule has 1 aromatic heterocycles. The quantitative estimate of drug-likeness (QED) is 0.857.